The highest BCUT2D eigenvalue weighted by molar-refractivity contribution is 7.91. The molecule has 116 valence electrons. The van der Waals surface area contributed by atoms with Crippen molar-refractivity contribution in [2.24, 2.45) is 0 Å². The van der Waals surface area contributed by atoms with E-state index in [2.05, 4.69) is 10.5 Å². The number of nitrogens with one attached hydrogen (secondary N) is 1. The van der Waals surface area contributed by atoms with Crippen LogP contribution in [0.2, 0.25) is 0 Å². The van der Waals surface area contributed by atoms with Crippen molar-refractivity contribution < 1.29 is 17.7 Å². The third kappa shape index (κ3) is 2.97. The maximum Gasteiger partial charge on any atom is 0.274 e. The maximum atomic E-state index is 12.4. The monoisotopic (exact) mass is 312 g/mol. The molecule has 1 aliphatic carbocycles. The second-order valence-electron chi connectivity index (χ2n) is 6.35. The van der Waals surface area contributed by atoms with Crippen LogP contribution in [0.15, 0.2) is 4.52 Å². The zero-order valence-electron chi connectivity index (χ0n) is 12.1. The molecule has 0 radical (unpaired) electrons. The van der Waals surface area contributed by atoms with Gasteiger partial charge in [0.15, 0.2) is 15.5 Å². The van der Waals surface area contributed by atoms with Crippen molar-refractivity contribution in [3.63, 3.8) is 0 Å². The summed E-state index contributed by atoms with van der Waals surface area (Å²) in [5, 5.41) is 6.76. The molecule has 1 N–H and O–H groups in total. The minimum absolute atomic E-state index is 0.00815. The molecular formula is C14H20N2O4S. The Labute approximate surface area is 124 Å². The molecule has 2 aliphatic rings. The number of hydrogen-bond donors (Lipinski definition) is 1. The molecule has 6 nitrogen and oxygen atoms in total. The molecule has 1 atom stereocenters. The zero-order chi connectivity index (χ0) is 15.1. The summed E-state index contributed by atoms with van der Waals surface area (Å²) in [6, 6.07) is 0. The van der Waals surface area contributed by atoms with Gasteiger partial charge in [-0.05, 0) is 32.6 Å². The van der Waals surface area contributed by atoms with Crippen LogP contribution in [0.5, 0.6) is 0 Å². The highest BCUT2D eigenvalue weighted by atomic mass is 32.2. The van der Waals surface area contributed by atoms with E-state index in [1.165, 1.54) is 0 Å². The Bertz CT molecular complexity index is 665. The third-order valence-electron chi connectivity index (χ3n) is 4.33. The largest absolute Gasteiger partial charge is 0.360 e. The van der Waals surface area contributed by atoms with Crippen LogP contribution < -0.4 is 5.32 Å². The molecule has 3 rings (SSSR count). The number of aryl methyl sites for hydroxylation is 1. The highest BCUT2D eigenvalue weighted by Gasteiger charge is 2.40. The van der Waals surface area contributed by atoms with E-state index in [1.807, 2.05) is 0 Å². The molecule has 7 heteroatoms. The number of carbonyl (C=O) groups is 1. The number of aromatic nitrogens is 1. The summed E-state index contributed by atoms with van der Waals surface area (Å²) in [6.45, 7) is 1.77. The number of nitrogens with zero attached hydrogens (tertiary/aromatic N) is 1. The topological polar surface area (TPSA) is 89.3 Å². The van der Waals surface area contributed by atoms with Gasteiger partial charge in [-0.25, -0.2) is 8.42 Å². The Balaban J connectivity index is 1.79. The predicted octanol–water partition coefficient (Wildman–Crippen LogP) is 1.25. The van der Waals surface area contributed by atoms with Gasteiger partial charge in [-0.15, -0.1) is 0 Å². The van der Waals surface area contributed by atoms with Gasteiger partial charge in [0.25, 0.3) is 5.91 Å². The van der Waals surface area contributed by atoms with Gasteiger partial charge in [0.2, 0.25) is 0 Å². The van der Waals surface area contributed by atoms with Crippen LogP contribution in [-0.2, 0) is 22.7 Å². The fourth-order valence-corrected chi connectivity index (χ4v) is 5.28. The lowest BCUT2D eigenvalue weighted by Crippen LogP contribution is -2.47. The Morgan fingerprint density at radius 2 is 2.05 bits per heavy atom. The summed E-state index contributed by atoms with van der Waals surface area (Å²) >= 11 is 0. The minimum Gasteiger partial charge on any atom is -0.360 e. The van der Waals surface area contributed by atoms with Gasteiger partial charge in [-0.1, -0.05) is 11.6 Å². The molecule has 0 bridgehead atoms. The number of carbonyl (C=O) groups excluding carboxylic acids is 1. The normalized spacial score (nSPS) is 27.9. The first kappa shape index (κ1) is 14.6. The van der Waals surface area contributed by atoms with Crippen LogP contribution >= 0.6 is 0 Å². The summed E-state index contributed by atoms with van der Waals surface area (Å²) in [7, 11) is -3.05. The van der Waals surface area contributed by atoms with E-state index in [-0.39, 0.29) is 17.4 Å². The Hall–Kier alpha value is -1.37. The first-order valence-corrected chi connectivity index (χ1v) is 9.21. The quantitative estimate of drug-likeness (QED) is 0.830. The molecule has 1 amide bonds. The highest BCUT2D eigenvalue weighted by Crippen LogP contribution is 2.26. The van der Waals surface area contributed by atoms with Gasteiger partial charge < -0.3 is 9.84 Å². The number of rotatable bonds is 2. The average Bonchev–Trinajstić information content (AvgIpc) is 2.81. The van der Waals surface area contributed by atoms with Crippen molar-refractivity contribution in [2.75, 3.05) is 11.5 Å². The number of sulfone groups is 1. The molecule has 21 heavy (non-hydrogen) atoms. The second-order valence-corrected chi connectivity index (χ2v) is 8.53. The third-order valence-corrected chi connectivity index (χ3v) is 6.24. The van der Waals surface area contributed by atoms with Gasteiger partial charge in [0, 0.05) is 12.0 Å². The van der Waals surface area contributed by atoms with E-state index in [9.17, 15) is 13.2 Å². The lowest BCUT2D eigenvalue weighted by molar-refractivity contribution is 0.0905. The Morgan fingerprint density at radius 3 is 2.76 bits per heavy atom. The van der Waals surface area contributed by atoms with Crippen molar-refractivity contribution in [1.82, 2.24) is 10.5 Å². The summed E-state index contributed by atoms with van der Waals surface area (Å²) in [6.07, 6.45) is 5.28. The fraction of sp³-hybridized carbons (Fsp3) is 0.714. The van der Waals surface area contributed by atoms with Crippen molar-refractivity contribution in [3.8, 4) is 0 Å². The fourth-order valence-electron chi connectivity index (χ4n) is 3.18. The van der Waals surface area contributed by atoms with Crippen LogP contribution in [0.25, 0.3) is 0 Å². The zero-order valence-corrected chi connectivity index (χ0v) is 13.0. The van der Waals surface area contributed by atoms with Crippen LogP contribution in [-0.4, -0.2) is 36.5 Å². The lowest BCUT2D eigenvalue weighted by Gasteiger charge is -2.23. The number of hydrogen-bond acceptors (Lipinski definition) is 5. The molecule has 0 unspecified atom stereocenters. The van der Waals surface area contributed by atoms with Gasteiger partial charge in [-0.2, -0.15) is 0 Å². The Kier molecular flexibility index (Phi) is 3.55. The first-order chi connectivity index (χ1) is 9.89. The van der Waals surface area contributed by atoms with Crippen LogP contribution in [0, 0.1) is 0 Å². The smallest absolute Gasteiger partial charge is 0.274 e. The van der Waals surface area contributed by atoms with E-state index in [1.54, 1.807) is 6.92 Å². The van der Waals surface area contributed by atoms with Crippen molar-refractivity contribution in [3.05, 3.63) is 17.0 Å². The molecule has 0 saturated carbocycles. The molecule has 0 aromatic carbocycles. The number of fused-ring (bicyclic) bond motifs is 1. The molecule has 1 aliphatic heterocycles. The Morgan fingerprint density at radius 1 is 1.29 bits per heavy atom. The maximum absolute atomic E-state index is 12.4. The van der Waals surface area contributed by atoms with Gasteiger partial charge >= 0.3 is 0 Å². The van der Waals surface area contributed by atoms with Gasteiger partial charge in [0.05, 0.1) is 17.0 Å². The summed E-state index contributed by atoms with van der Waals surface area (Å²) in [5.41, 5.74) is 0.527. The van der Waals surface area contributed by atoms with Crippen LogP contribution in [0.1, 0.15) is 54.4 Å². The summed E-state index contributed by atoms with van der Waals surface area (Å²) < 4.78 is 28.5. The SMILES string of the molecule is C[C@@]1(NC(=O)c2noc3c2CCCCC3)CCS(=O)(=O)C1. The molecule has 1 fully saturated rings. The summed E-state index contributed by atoms with van der Waals surface area (Å²) in [5.74, 6) is 0.607. The first-order valence-electron chi connectivity index (χ1n) is 7.39. The summed E-state index contributed by atoms with van der Waals surface area (Å²) in [4.78, 5) is 12.4. The minimum atomic E-state index is -3.05. The van der Waals surface area contributed by atoms with Gasteiger partial charge in [-0.3, -0.25) is 4.79 Å². The molecule has 1 aromatic heterocycles. The van der Waals surface area contributed by atoms with Gasteiger partial charge in [0.1, 0.15) is 5.76 Å². The predicted molar refractivity (Wildman–Crippen MR) is 76.9 cm³/mol. The van der Waals surface area contributed by atoms with E-state index < -0.39 is 15.4 Å². The van der Waals surface area contributed by atoms with E-state index >= 15 is 0 Å². The second kappa shape index (κ2) is 5.12. The van der Waals surface area contributed by atoms with Crippen molar-refractivity contribution >= 4 is 15.7 Å². The molecule has 1 saturated heterocycles. The average molecular weight is 312 g/mol. The standard InChI is InChI=1S/C14H20N2O4S/c1-14(7-8-21(18,19)9-14)15-13(17)12-10-5-3-2-4-6-11(10)20-16-12/h2-9H2,1H3,(H,15,17)/t14-/m1/s1. The van der Waals surface area contributed by atoms with E-state index in [0.717, 1.165) is 43.4 Å². The molecule has 1 aromatic rings. The van der Waals surface area contributed by atoms with Crippen LogP contribution in [0.3, 0.4) is 0 Å². The van der Waals surface area contributed by atoms with Crippen LogP contribution in [0.4, 0.5) is 0 Å². The molecule has 0 spiro atoms. The molecule has 2 heterocycles. The van der Waals surface area contributed by atoms with E-state index in [0.29, 0.717) is 12.1 Å². The van der Waals surface area contributed by atoms with Crippen molar-refractivity contribution in [1.29, 1.82) is 0 Å². The number of amides is 1. The molecular weight excluding hydrogens is 292 g/mol. The van der Waals surface area contributed by atoms with Crippen molar-refractivity contribution in [2.45, 2.75) is 51.0 Å². The van der Waals surface area contributed by atoms with E-state index in [4.69, 9.17) is 4.52 Å². The lowest BCUT2D eigenvalue weighted by atomic mass is 10.0.